The Morgan fingerprint density at radius 3 is 1.70 bits per heavy atom. The van der Waals surface area contributed by atoms with E-state index < -0.39 is 0 Å². The second kappa shape index (κ2) is 10.6. The zero-order valence-corrected chi connectivity index (χ0v) is 26.4. The van der Waals surface area contributed by atoms with Crippen molar-refractivity contribution in [3.63, 3.8) is 0 Å². The first-order chi connectivity index (χ1) is 23.1. The van der Waals surface area contributed by atoms with Gasteiger partial charge in [0.2, 0.25) is 0 Å². The Morgan fingerprint density at radius 2 is 0.957 bits per heavy atom. The van der Waals surface area contributed by atoms with Crippen LogP contribution < -0.4 is 0 Å². The van der Waals surface area contributed by atoms with Crippen LogP contribution in [0.3, 0.4) is 0 Å². The van der Waals surface area contributed by atoms with Crippen molar-refractivity contribution in [3.8, 4) is 56.2 Å². The number of rotatable bonds is 4. The van der Waals surface area contributed by atoms with Gasteiger partial charge in [-0.05, 0) is 55.4 Å². The summed E-state index contributed by atoms with van der Waals surface area (Å²) in [5.41, 5.74) is 12.5. The summed E-state index contributed by atoms with van der Waals surface area (Å²) in [5, 5.41) is 5.12. The maximum Gasteiger partial charge on any atom is 0.160 e. The molecule has 0 spiro atoms. The first kappa shape index (κ1) is 27.5. The number of benzene rings is 7. The lowest BCUT2D eigenvalue weighted by molar-refractivity contribution is 0.658. The Bertz CT molecular complexity index is 2460. The van der Waals surface area contributed by atoms with E-state index in [-0.39, 0.29) is 5.41 Å². The van der Waals surface area contributed by atoms with Crippen molar-refractivity contribution >= 4 is 21.5 Å². The molecular formula is C45H32N2. The van der Waals surface area contributed by atoms with Gasteiger partial charge in [-0.15, -0.1) is 0 Å². The molecule has 2 heteroatoms. The Morgan fingerprint density at radius 1 is 0.404 bits per heavy atom. The van der Waals surface area contributed by atoms with E-state index in [1.807, 2.05) is 18.2 Å². The molecule has 0 atom stereocenters. The lowest BCUT2D eigenvalue weighted by Crippen LogP contribution is -2.17. The molecule has 1 aromatic heterocycles. The van der Waals surface area contributed by atoms with Crippen molar-refractivity contribution in [1.29, 1.82) is 0 Å². The topological polar surface area (TPSA) is 25.8 Å². The lowest BCUT2D eigenvalue weighted by atomic mass is 9.80. The maximum absolute atomic E-state index is 5.25. The number of fused-ring (bicyclic) bond motifs is 6. The molecule has 9 rings (SSSR count). The summed E-state index contributed by atoms with van der Waals surface area (Å²) in [6.45, 7) is 4.59. The Kier molecular flexibility index (Phi) is 6.20. The second-order valence-electron chi connectivity index (χ2n) is 13.0. The van der Waals surface area contributed by atoms with Crippen LogP contribution in [0, 0.1) is 0 Å². The summed E-state index contributed by atoms with van der Waals surface area (Å²) in [6, 6.07) is 56.5. The van der Waals surface area contributed by atoms with Gasteiger partial charge in [0.05, 0.1) is 11.4 Å². The Labute approximate surface area is 275 Å². The standard InChI is InChI=1S/C45H32N2/c1-45(2)40-19-11-10-18-38(40)43-41(45)42(46-44(47-43)33-12-4-3-5-13-33)32-26-22-30(23-27-32)29-20-24-31(25-21-29)39-28-34-14-6-7-15-35(34)36-16-8-9-17-37(36)39/h3-28H,1-2H3. The molecule has 0 amide bonds. The molecule has 8 aromatic rings. The summed E-state index contributed by atoms with van der Waals surface area (Å²) in [7, 11) is 0. The van der Waals surface area contributed by atoms with Crippen molar-refractivity contribution in [1.82, 2.24) is 9.97 Å². The number of hydrogen-bond acceptors (Lipinski definition) is 2. The summed E-state index contributed by atoms with van der Waals surface area (Å²) in [6.07, 6.45) is 0. The highest BCUT2D eigenvalue weighted by Gasteiger charge is 2.39. The van der Waals surface area contributed by atoms with E-state index >= 15 is 0 Å². The van der Waals surface area contributed by atoms with Gasteiger partial charge in [-0.3, -0.25) is 0 Å². The van der Waals surface area contributed by atoms with Crippen LogP contribution in [-0.2, 0) is 5.41 Å². The minimum Gasteiger partial charge on any atom is -0.228 e. The molecular weight excluding hydrogens is 569 g/mol. The van der Waals surface area contributed by atoms with Crippen molar-refractivity contribution in [2.75, 3.05) is 0 Å². The van der Waals surface area contributed by atoms with Crippen LogP contribution in [0.25, 0.3) is 77.7 Å². The molecule has 1 heterocycles. The van der Waals surface area contributed by atoms with E-state index in [9.17, 15) is 0 Å². The summed E-state index contributed by atoms with van der Waals surface area (Å²) in [4.78, 5) is 10.4. The average Bonchev–Trinajstić information content (AvgIpc) is 3.37. The van der Waals surface area contributed by atoms with Gasteiger partial charge in [0.1, 0.15) is 0 Å². The zero-order valence-electron chi connectivity index (χ0n) is 26.4. The van der Waals surface area contributed by atoms with E-state index in [1.54, 1.807) is 0 Å². The smallest absolute Gasteiger partial charge is 0.160 e. The minimum absolute atomic E-state index is 0.210. The molecule has 0 radical (unpaired) electrons. The van der Waals surface area contributed by atoms with E-state index in [1.165, 1.54) is 60.5 Å². The van der Waals surface area contributed by atoms with Gasteiger partial charge in [0, 0.05) is 27.7 Å². The van der Waals surface area contributed by atoms with Crippen LogP contribution in [-0.4, -0.2) is 9.97 Å². The minimum atomic E-state index is -0.210. The number of nitrogens with zero attached hydrogens (tertiary/aromatic N) is 2. The summed E-state index contributed by atoms with van der Waals surface area (Å²) >= 11 is 0. The molecule has 7 aromatic carbocycles. The van der Waals surface area contributed by atoms with E-state index in [4.69, 9.17) is 9.97 Å². The van der Waals surface area contributed by atoms with E-state index in [2.05, 4.69) is 153 Å². The second-order valence-corrected chi connectivity index (χ2v) is 13.0. The molecule has 47 heavy (non-hydrogen) atoms. The molecule has 1 aliphatic rings. The molecule has 0 saturated heterocycles. The molecule has 1 aliphatic carbocycles. The molecule has 222 valence electrons. The van der Waals surface area contributed by atoms with Crippen LogP contribution in [0.1, 0.15) is 25.0 Å². The molecule has 0 N–H and O–H groups in total. The van der Waals surface area contributed by atoms with Gasteiger partial charge in [-0.1, -0.05) is 166 Å². The van der Waals surface area contributed by atoms with Gasteiger partial charge in [-0.2, -0.15) is 0 Å². The quantitative estimate of drug-likeness (QED) is 0.188. The maximum atomic E-state index is 5.25. The Balaban J connectivity index is 1.11. The van der Waals surface area contributed by atoms with Crippen LogP contribution in [0.5, 0.6) is 0 Å². The van der Waals surface area contributed by atoms with Gasteiger partial charge in [0.15, 0.2) is 5.82 Å². The van der Waals surface area contributed by atoms with E-state index in [0.29, 0.717) is 0 Å². The van der Waals surface area contributed by atoms with Gasteiger partial charge >= 0.3 is 0 Å². The molecule has 2 nitrogen and oxygen atoms in total. The van der Waals surface area contributed by atoms with Crippen LogP contribution in [0.2, 0.25) is 0 Å². The number of aromatic nitrogens is 2. The van der Waals surface area contributed by atoms with Crippen LogP contribution >= 0.6 is 0 Å². The predicted octanol–water partition coefficient (Wildman–Crippen LogP) is 11.8. The normalized spacial score (nSPS) is 13.1. The molecule has 0 fully saturated rings. The van der Waals surface area contributed by atoms with Gasteiger partial charge < -0.3 is 0 Å². The fourth-order valence-corrected chi connectivity index (χ4v) is 7.50. The lowest BCUT2D eigenvalue weighted by Gasteiger charge is -2.24. The van der Waals surface area contributed by atoms with Crippen LogP contribution in [0.4, 0.5) is 0 Å². The monoisotopic (exact) mass is 600 g/mol. The Hall–Kier alpha value is -5.86. The highest BCUT2D eigenvalue weighted by atomic mass is 14.9. The van der Waals surface area contributed by atoms with Crippen LogP contribution in [0.15, 0.2) is 158 Å². The SMILES string of the molecule is CC1(C)c2ccccc2-c2nc(-c3ccccc3)nc(-c3ccc(-c4ccc(-c5cc6ccccc6c6ccccc56)cc4)cc3)c21. The summed E-state index contributed by atoms with van der Waals surface area (Å²) in [5.74, 6) is 0.757. The molecule has 0 unspecified atom stereocenters. The highest BCUT2D eigenvalue weighted by molar-refractivity contribution is 6.13. The van der Waals surface area contributed by atoms with Gasteiger partial charge in [0.25, 0.3) is 0 Å². The number of hydrogen-bond donors (Lipinski definition) is 0. The van der Waals surface area contributed by atoms with Crippen molar-refractivity contribution in [2.24, 2.45) is 0 Å². The fraction of sp³-hybridized carbons (Fsp3) is 0.0667. The highest BCUT2D eigenvalue weighted by Crippen LogP contribution is 2.51. The van der Waals surface area contributed by atoms with Gasteiger partial charge in [-0.25, -0.2) is 9.97 Å². The summed E-state index contributed by atoms with van der Waals surface area (Å²) < 4.78 is 0. The zero-order chi connectivity index (χ0) is 31.5. The fourth-order valence-electron chi connectivity index (χ4n) is 7.50. The predicted molar refractivity (Wildman–Crippen MR) is 196 cm³/mol. The largest absolute Gasteiger partial charge is 0.228 e. The van der Waals surface area contributed by atoms with E-state index in [0.717, 1.165) is 28.3 Å². The third-order valence-corrected chi connectivity index (χ3v) is 9.88. The van der Waals surface area contributed by atoms with Crippen molar-refractivity contribution < 1.29 is 0 Å². The molecule has 0 bridgehead atoms. The van der Waals surface area contributed by atoms with Crippen molar-refractivity contribution in [2.45, 2.75) is 19.3 Å². The third kappa shape index (κ3) is 4.40. The first-order valence-electron chi connectivity index (χ1n) is 16.3. The third-order valence-electron chi connectivity index (χ3n) is 9.88. The molecule has 0 saturated carbocycles. The average molecular weight is 601 g/mol. The first-order valence-corrected chi connectivity index (χ1v) is 16.3. The van der Waals surface area contributed by atoms with Crippen molar-refractivity contribution in [3.05, 3.63) is 169 Å². The molecule has 0 aliphatic heterocycles.